The van der Waals surface area contributed by atoms with Crippen molar-refractivity contribution in [2.24, 2.45) is 0 Å². The van der Waals surface area contributed by atoms with Crippen LogP contribution in [0.2, 0.25) is 0 Å². The Morgan fingerprint density at radius 1 is 1.04 bits per heavy atom. The van der Waals surface area contributed by atoms with Gasteiger partial charge in [-0.1, -0.05) is 42.4 Å². The molecular formula is C18H14ClNO3. The summed E-state index contributed by atoms with van der Waals surface area (Å²) < 4.78 is 6.85. The van der Waals surface area contributed by atoms with Crippen LogP contribution in [-0.2, 0) is 16.1 Å². The summed E-state index contributed by atoms with van der Waals surface area (Å²) in [4.78, 5) is 24.7. The second kappa shape index (κ2) is 6.26. The molecule has 0 radical (unpaired) electrons. The first-order valence-corrected chi connectivity index (χ1v) is 7.45. The van der Waals surface area contributed by atoms with Crippen LogP contribution in [-0.4, -0.2) is 17.1 Å². The van der Waals surface area contributed by atoms with Crippen molar-refractivity contribution in [3.05, 3.63) is 70.4 Å². The van der Waals surface area contributed by atoms with Gasteiger partial charge in [0.1, 0.15) is 13.2 Å². The van der Waals surface area contributed by atoms with Crippen LogP contribution in [0.1, 0.15) is 0 Å². The number of pyridine rings is 1. The van der Waals surface area contributed by atoms with Gasteiger partial charge in [-0.2, -0.15) is 0 Å². The predicted octanol–water partition coefficient (Wildman–Crippen LogP) is 3.45. The van der Waals surface area contributed by atoms with E-state index in [1.165, 1.54) is 0 Å². The second-order valence-electron chi connectivity index (χ2n) is 5.13. The van der Waals surface area contributed by atoms with Crippen LogP contribution in [0.4, 0.5) is 0 Å². The summed E-state index contributed by atoms with van der Waals surface area (Å²) in [6.07, 6.45) is 0. The van der Waals surface area contributed by atoms with Crippen LogP contribution in [0.25, 0.3) is 21.8 Å². The summed E-state index contributed by atoms with van der Waals surface area (Å²) in [5.41, 5.74) is 1.34. The number of rotatable bonds is 4. The van der Waals surface area contributed by atoms with Gasteiger partial charge in [-0.05, 0) is 24.3 Å². The van der Waals surface area contributed by atoms with E-state index in [0.29, 0.717) is 21.8 Å². The second-order valence-corrected chi connectivity index (χ2v) is 5.66. The number of carbonyl (C=O) groups is 1. The summed E-state index contributed by atoms with van der Waals surface area (Å²) in [5, 5.41) is 1.40. The number of fused-ring (bicyclic) bond motifs is 2. The Bertz CT molecular complexity index is 915. The van der Waals surface area contributed by atoms with Crippen LogP contribution >= 0.6 is 11.6 Å². The molecule has 3 aromatic rings. The number of halogens is 1. The number of hydrogen-bond donors (Lipinski definition) is 0. The number of carbonyl (C=O) groups excluding carboxylic acids is 1. The number of nitrogens with zero attached hydrogens (tertiary/aromatic N) is 1. The number of para-hydroxylation sites is 2. The minimum atomic E-state index is -0.439. The fourth-order valence-corrected chi connectivity index (χ4v) is 2.64. The van der Waals surface area contributed by atoms with E-state index in [9.17, 15) is 9.59 Å². The minimum absolute atomic E-state index is 0.00846. The maximum absolute atomic E-state index is 12.6. The van der Waals surface area contributed by atoms with E-state index in [1.807, 2.05) is 24.3 Å². The monoisotopic (exact) mass is 327 g/mol. The first-order chi connectivity index (χ1) is 11.1. The normalized spacial score (nSPS) is 10.8. The molecule has 0 N–H and O–H groups in total. The van der Waals surface area contributed by atoms with Crippen LogP contribution in [0.15, 0.2) is 64.9 Å². The molecule has 0 aliphatic rings. The molecule has 0 bridgehead atoms. The average molecular weight is 328 g/mol. The third-order valence-electron chi connectivity index (χ3n) is 3.56. The number of esters is 1. The van der Waals surface area contributed by atoms with Crippen molar-refractivity contribution in [1.29, 1.82) is 0 Å². The van der Waals surface area contributed by atoms with Gasteiger partial charge in [0.15, 0.2) is 5.43 Å². The molecule has 0 atom stereocenters. The topological polar surface area (TPSA) is 48.3 Å². The molecule has 4 nitrogen and oxygen atoms in total. The van der Waals surface area contributed by atoms with Gasteiger partial charge in [-0.3, -0.25) is 9.59 Å². The number of benzene rings is 2. The molecule has 116 valence electrons. The lowest BCUT2D eigenvalue weighted by Gasteiger charge is -2.14. The Morgan fingerprint density at radius 3 is 2.09 bits per heavy atom. The zero-order valence-corrected chi connectivity index (χ0v) is 13.0. The quantitative estimate of drug-likeness (QED) is 0.544. The summed E-state index contributed by atoms with van der Waals surface area (Å²) in [6, 6.07) is 14.4. The van der Waals surface area contributed by atoms with Gasteiger partial charge >= 0.3 is 5.97 Å². The van der Waals surface area contributed by atoms with Crippen LogP contribution in [0.3, 0.4) is 0 Å². The smallest absolute Gasteiger partial charge is 0.326 e. The Hall–Kier alpha value is -2.59. The van der Waals surface area contributed by atoms with Crippen LogP contribution < -0.4 is 5.43 Å². The molecular weight excluding hydrogens is 314 g/mol. The molecule has 0 fully saturated rings. The fraction of sp³-hybridized carbons (Fsp3) is 0.111. The highest BCUT2D eigenvalue weighted by Crippen LogP contribution is 2.19. The highest BCUT2D eigenvalue weighted by atomic mass is 35.5. The predicted molar refractivity (Wildman–Crippen MR) is 91.7 cm³/mol. The number of ether oxygens (including phenoxy) is 1. The van der Waals surface area contributed by atoms with E-state index in [2.05, 4.69) is 6.58 Å². The summed E-state index contributed by atoms with van der Waals surface area (Å²) >= 11 is 5.62. The van der Waals surface area contributed by atoms with Crippen molar-refractivity contribution < 1.29 is 9.53 Å². The molecule has 0 saturated carbocycles. The Labute approximate surface area is 137 Å². The first kappa shape index (κ1) is 15.3. The van der Waals surface area contributed by atoms with E-state index in [-0.39, 0.29) is 23.6 Å². The van der Waals surface area contributed by atoms with Gasteiger partial charge < -0.3 is 9.30 Å². The average Bonchev–Trinajstić information content (AvgIpc) is 2.57. The van der Waals surface area contributed by atoms with Crippen molar-refractivity contribution >= 4 is 39.4 Å². The zero-order valence-electron chi connectivity index (χ0n) is 12.3. The zero-order chi connectivity index (χ0) is 16.4. The standard InChI is InChI=1S/C18H14ClNO3/c1-12(19)11-23-17(21)10-20-15-8-4-2-6-13(15)18(22)14-7-3-5-9-16(14)20/h2-9H,1,10-11H2. The molecule has 1 heterocycles. The lowest BCUT2D eigenvalue weighted by atomic mass is 10.1. The van der Waals surface area contributed by atoms with Gasteiger partial charge in [0, 0.05) is 15.8 Å². The molecule has 0 spiro atoms. The maximum Gasteiger partial charge on any atom is 0.326 e. The van der Waals surface area contributed by atoms with E-state index in [4.69, 9.17) is 16.3 Å². The molecule has 0 saturated heterocycles. The first-order valence-electron chi connectivity index (χ1n) is 7.07. The summed E-state index contributed by atoms with van der Waals surface area (Å²) in [7, 11) is 0. The largest absolute Gasteiger partial charge is 0.459 e. The van der Waals surface area contributed by atoms with Crippen molar-refractivity contribution in [2.75, 3.05) is 6.61 Å². The van der Waals surface area contributed by atoms with Gasteiger partial charge in [0.05, 0.1) is 11.0 Å². The molecule has 0 unspecified atom stereocenters. The van der Waals surface area contributed by atoms with E-state index >= 15 is 0 Å². The SMILES string of the molecule is C=C(Cl)COC(=O)Cn1c2ccccc2c(=O)c2ccccc21. The summed E-state index contributed by atoms with van der Waals surface area (Å²) in [6.45, 7) is 3.45. The molecule has 5 heteroatoms. The molecule has 0 aliphatic heterocycles. The number of aromatic nitrogens is 1. The fourth-order valence-electron chi connectivity index (χ4n) is 2.58. The van der Waals surface area contributed by atoms with E-state index in [0.717, 1.165) is 0 Å². The number of hydrogen-bond acceptors (Lipinski definition) is 3. The highest BCUT2D eigenvalue weighted by molar-refractivity contribution is 6.29. The van der Waals surface area contributed by atoms with Crippen molar-refractivity contribution in [3.8, 4) is 0 Å². The van der Waals surface area contributed by atoms with E-state index in [1.54, 1.807) is 28.8 Å². The van der Waals surface area contributed by atoms with E-state index < -0.39 is 5.97 Å². The highest BCUT2D eigenvalue weighted by Gasteiger charge is 2.13. The molecule has 0 aliphatic carbocycles. The van der Waals surface area contributed by atoms with Gasteiger partial charge in [-0.15, -0.1) is 0 Å². The molecule has 23 heavy (non-hydrogen) atoms. The molecule has 2 aromatic carbocycles. The van der Waals surface area contributed by atoms with Gasteiger partial charge in [0.2, 0.25) is 0 Å². The third kappa shape index (κ3) is 2.98. The maximum atomic E-state index is 12.6. The minimum Gasteiger partial charge on any atom is -0.459 e. The van der Waals surface area contributed by atoms with Crippen molar-refractivity contribution in [3.63, 3.8) is 0 Å². The van der Waals surface area contributed by atoms with Gasteiger partial charge in [0.25, 0.3) is 0 Å². The molecule has 0 amide bonds. The van der Waals surface area contributed by atoms with Crippen molar-refractivity contribution in [2.45, 2.75) is 6.54 Å². The third-order valence-corrected chi connectivity index (χ3v) is 3.67. The Kier molecular flexibility index (Phi) is 4.17. The molecule has 1 aromatic heterocycles. The lowest BCUT2D eigenvalue weighted by Crippen LogP contribution is -2.18. The Morgan fingerprint density at radius 2 is 1.57 bits per heavy atom. The van der Waals surface area contributed by atoms with Crippen LogP contribution in [0.5, 0.6) is 0 Å². The van der Waals surface area contributed by atoms with Gasteiger partial charge in [-0.25, -0.2) is 0 Å². The lowest BCUT2D eigenvalue weighted by molar-refractivity contribution is -0.143. The Balaban J connectivity index is 2.17. The summed E-state index contributed by atoms with van der Waals surface area (Å²) in [5.74, 6) is -0.439. The molecule has 3 rings (SSSR count). The van der Waals surface area contributed by atoms with Crippen LogP contribution in [0, 0.1) is 0 Å². The van der Waals surface area contributed by atoms with Crippen molar-refractivity contribution in [1.82, 2.24) is 4.57 Å².